The van der Waals surface area contributed by atoms with E-state index in [1.54, 1.807) is 27.4 Å². The van der Waals surface area contributed by atoms with Crippen molar-refractivity contribution >= 4 is 11.6 Å². The number of methoxy groups -OCH3 is 3. The fraction of sp³-hybridized carbons (Fsp3) is 0.462. The molecule has 1 N–H and O–H groups in total. The SMILES string of the molecule is COc1cc2c(c(OC)c1OC)-c1ccc(N3CCN(C)CC3)c(=O)cc1[C@@H](NC(C)=O)CC2. The molecule has 4 rings (SSSR count). The average Bonchev–Trinajstić information content (AvgIpc) is 3.07. The summed E-state index contributed by atoms with van der Waals surface area (Å²) in [4.78, 5) is 29.9. The maximum atomic E-state index is 13.5. The van der Waals surface area contributed by atoms with E-state index in [1.807, 2.05) is 18.2 Å². The van der Waals surface area contributed by atoms with E-state index in [0.29, 0.717) is 35.8 Å². The molecule has 1 aliphatic carbocycles. The number of carbonyl (C=O) groups is 1. The van der Waals surface area contributed by atoms with Crippen LogP contribution in [0.25, 0.3) is 11.1 Å². The number of hydrogen-bond donors (Lipinski definition) is 1. The Morgan fingerprint density at radius 2 is 1.71 bits per heavy atom. The van der Waals surface area contributed by atoms with E-state index in [-0.39, 0.29) is 17.4 Å². The van der Waals surface area contributed by atoms with Crippen LogP contribution in [0.3, 0.4) is 0 Å². The van der Waals surface area contributed by atoms with E-state index < -0.39 is 0 Å². The third-order valence-electron chi connectivity index (χ3n) is 6.74. The minimum atomic E-state index is -0.304. The van der Waals surface area contributed by atoms with Crippen molar-refractivity contribution in [1.29, 1.82) is 0 Å². The zero-order valence-electron chi connectivity index (χ0n) is 20.6. The number of rotatable bonds is 5. The number of nitrogens with zero attached hydrogens (tertiary/aromatic N) is 2. The van der Waals surface area contributed by atoms with Crippen LogP contribution in [-0.2, 0) is 11.2 Å². The molecule has 0 bridgehead atoms. The Bertz CT molecular complexity index is 1140. The van der Waals surface area contributed by atoms with Crippen molar-refractivity contribution in [2.75, 3.05) is 59.5 Å². The molecule has 34 heavy (non-hydrogen) atoms. The van der Waals surface area contributed by atoms with Crippen LogP contribution in [0.4, 0.5) is 5.69 Å². The van der Waals surface area contributed by atoms with E-state index in [0.717, 1.165) is 48.4 Å². The lowest BCUT2D eigenvalue weighted by Gasteiger charge is -2.33. The number of carbonyl (C=O) groups excluding carboxylic acids is 1. The smallest absolute Gasteiger partial charge is 0.217 e. The fourth-order valence-corrected chi connectivity index (χ4v) is 5.01. The van der Waals surface area contributed by atoms with E-state index in [2.05, 4.69) is 22.2 Å². The highest BCUT2D eigenvalue weighted by Gasteiger charge is 2.30. The molecule has 1 heterocycles. The lowest BCUT2D eigenvalue weighted by atomic mass is 9.95. The van der Waals surface area contributed by atoms with Gasteiger partial charge in [0.25, 0.3) is 0 Å². The minimum absolute atomic E-state index is 0.0518. The summed E-state index contributed by atoms with van der Waals surface area (Å²) in [5.41, 5.74) is 4.13. The van der Waals surface area contributed by atoms with Gasteiger partial charge in [0.2, 0.25) is 17.1 Å². The predicted molar refractivity (Wildman–Crippen MR) is 132 cm³/mol. The summed E-state index contributed by atoms with van der Waals surface area (Å²) in [5, 5.41) is 3.05. The molecule has 0 aromatic heterocycles. The van der Waals surface area contributed by atoms with Crippen LogP contribution in [0, 0.1) is 0 Å². The predicted octanol–water partition coefficient (Wildman–Crippen LogP) is 2.61. The Hall–Kier alpha value is -3.26. The summed E-state index contributed by atoms with van der Waals surface area (Å²) >= 11 is 0. The topological polar surface area (TPSA) is 80.3 Å². The van der Waals surface area contributed by atoms with Gasteiger partial charge in [-0.15, -0.1) is 0 Å². The van der Waals surface area contributed by atoms with Crippen LogP contribution in [0.1, 0.15) is 30.5 Å². The number of ether oxygens (including phenoxy) is 3. The summed E-state index contributed by atoms with van der Waals surface area (Å²) in [6.45, 7) is 4.89. The molecule has 8 nitrogen and oxygen atoms in total. The first-order valence-electron chi connectivity index (χ1n) is 11.6. The van der Waals surface area contributed by atoms with Gasteiger partial charge in [-0.25, -0.2) is 0 Å². The van der Waals surface area contributed by atoms with E-state index in [9.17, 15) is 9.59 Å². The highest BCUT2D eigenvalue weighted by atomic mass is 16.5. The Kier molecular flexibility index (Phi) is 6.97. The number of hydrogen-bond acceptors (Lipinski definition) is 7. The van der Waals surface area contributed by atoms with Gasteiger partial charge >= 0.3 is 0 Å². The molecule has 0 spiro atoms. The second-order valence-electron chi connectivity index (χ2n) is 8.86. The molecule has 8 heteroatoms. The number of nitrogens with one attached hydrogen (secondary N) is 1. The summed E-state index contributed by atoms with van der Waals surface area (Å²) in [7, 11) is 6.87. The molecule has 182 valence electrons. The van der Waals surface area contributed by atoms with Crippen LogP contribution in [0.2, 0.25) is 0 Å². The average molecular weight is 468 g/mol. The molecule has 1 fully saturated rings. The van der Waals surface area contributed by atoms with Crippen LogP contribution in [0.15, 0.2) is 29.1 Å². The standard InChI is InChI=1S/C26H33N3O5/c1-16(30)27-20-8-6-17-14-23(32-3)25(33-4)26(34-5)24(17)18-7-9-21(22(31)15-19(18)20)29-12-10-28(2)11-13-29/h7,9,14-15,20H,6,8,10-13H2,1-5H3,(H,27,30)/t20-/m0/s1. The Morgan fingerprint density at radius 1 is 1.00 bits per heavy atom. The van der Waals surface area contributed by atoms with E-state index in [4.69, 9.17) is 14.2 Å². The quantitative estimate of drug-likeness (QED) is 0.724. The van der Waals surface area contributed by atoms with Crippen LogP contribution in [-0.4, -0.2) is 65.4 Å². The van der Waals surface area contributed by atoms with Gasteiger partial charge in [-0.2, -0.15) is 0 Å². The number of benzene rings is 1. The zero-order valence-corrected chi connectivity index (χ0v) is 20.6. The van der Waals surface area contributed by atoms with Crippen molar-refractivity contribution in [2.24, 2.45) is 0 Å². The first-order valence-corrected chi connectivity index (χ1v) is 11.6. The molecule has 2 aromatic rings. The van der Waals surface area contributed by atoms with Crippen molar-refractivity contribution in [3.63, 3.8) is 0 Å². The molecule has 0 unspecified atom stereocenters. The molecule has 0 radical (unpaired) electrons. The van der Waals surface area contributed by atoms with Gasteiger partial charge in [0.1, 0.15) is 0 Å². The largest absolute Gasteiger partial charge is 0.493 e. The molecular weight excluding hydrogens is 434 g/mol. The number of amides is 1. The molecule has 1 saturated heterocycles. The Morgan fingerprint density at radius 3 is 2.32 bits per heavy atom. The van der Waals surface area contributed by atoms with Gasteiger partial charge in [0.15, 0.2) is 11.5 Å². The van der Waals surface area contributed by atoms with Crippen molar-refractivity contribution in [3.05, 3.63) is 45.6 Å². The summed E-state index contributed by atoms with van der Waals surface area (Å²) in [5.74, 6) is 1.50. The van der Waals surface area contributed by atoms with Crippen LogP contribution in [0.5, 0.6) is 17.2 Å². The van der Waals surface area contributed by atoms with Gasteiger partial charge in [-0.05, 0) is 54.8 Å². The molecule has 1 atom stereocenters. The van der Waals surface area contributed by atoms with Gasteiger partial charge in [-0.3, -0.25) is 9.59 Å². The summed E-state index contributed by atoms with van der Waals surface area (Å²) < 4.78 is 17.1. The van der Waals surface area contributed by atoms with Crippen LogP contribution >= 0.6 is 0 Å². The molecule has 2 aromatic carbocycles. The Balaban J connectivity index is 1.97. The van der Waals surface area contributed by atoms with Crippen molar-refractivity contribution in [2.45, 2.75) is 25.8 Å². The second-order valence-corrected chi connectivity index (χ2v) is 8.86. The maximum Gasteiger partial charge on any atom is 0.217 e. The lowest BCUT2D eigenvalue weighted by Crippen LogP contribution is -2.45. The van der Waals surface area contributed by atoms with Gasteiger partial charge in [-0.1, -0.05) is 6.07 Å². The van der Waals surface area contributed by atoms with E-state index in [1.165, 1.54) is 6.92 Å². The van der Waals surface area contributed by atoms with Crippen LogP contribution < -0.4 is 29.9 Å². The molecule has 1 amide bonds. The highest BCUT2D eigenvalue weighted by Crippen LogP contribution is 2.50. The third-order valence-corrected chi connectivity index (χ3v) is 6.74. The van der Waals surface area contributed by atoms with Crippen molar-refractivity contribution < 1.29 is 19.0 Å². The monoisotopic (exact) mass is 467 g/mol. The van der Waals surface area contributed by atoms with Crippen molar-refractivity contribution in [3.8, 4) is 28.4 Å². The van der Waals surface area contributed by atoms with Gasteiger partial charge < -0.3 is 29.3 Å². The molecular formula is C26H33N3O5. The molecule has 1 aliphatic heterocycles. The minimum Gasteiger partial charge on any atom is -0.493 e. The zero-order chi connectivity index (χ0) is 24.4. The summed E-state index contributed by atoms with van der Waals surface area (Å²) in [6.07, 6.45) is 1.32. The number of aryl methyl sites for hydroxylation is 1. The number of fused-ring (bicyclic) bond motifs is 3. The first-order chi connectivity index (χ1) is 16.4. The molecule has 2 aliphatic rings. The van der Waals surface area contributed by atoms with Gasteiger partial charge in [0.05, 0.1) is 33.1 Å². The van der Waals surface area contributed by atoms with E-state index >= 15 is 0 Å². The number of likely N-dealkylation sites (N-methyl/N-ethyl adjacent to an activating group) is 1. The fourth-order valence-electron chi connectivity index (χ4n) is 5.01. The lowest BCUT2D eigenvalue weighted by molar-refractivity contribution is -0.119. The summed E-state index contributed by atoms with van der Waals surface area (Å²) in [6, 6.07) is 7.24. The number of piperazine rings is 1. The third kappa shape index (κ3) is 4.42. The Labute approximate surface area is 200 Å². The van der Waals surface area contributed by atoms with Gasteiger partial charge in [0, 0.05) is 38.7 Å². The maximum absolute atomic E-state index is 13.5. The van der Waals surface area contributed by atoms with Crippen molar-refractivity contribution in [1.82, 2.24) is 10.2 Å². The normalized spacial score (nSPS) is 17.8. The highest BCUT2D eigenvalue weighted by molar-refractivity contribution is 5.83. The number of anilines is 1. The molecule has 0 saturated carbocycles. The second kappa shape index (κ2) is 9.93. The first kappa shape index (κ1) is 23.9.